The molecule has 5 nitrogen and oxygen atoms in total. The largest absolute Gasteiger partial charge is 0.493 e. The van der Waals surface area contributed by atoms with Crippen molar-refractivity contribution >= 4 is 0 Å². The summed E-state index contributed by atoms with van der Waals surface area (Å²) in [4.78, 5) is 0. The van der Waals surface area contributed by atoms with Crippen LogP contribution in [0.25, 0.3) is 0 Å². The van der Waals surface area contributed by atoms with Gasteiger partial charge >= 0.3 is 0 Å². The molecule has 0 fully saturated rings. The first kappa shape index (κ1) is 12.0. The number of aliphatic hydroxyl groups excluding tert-OH is 2. The fraction of sp³-hybridized carbons (Fsp3) is 0.700. The normalized spacial score (nSPS) is 15.0. The molecule has 1 aromatic rings. The van der Waals surface area contributed by atoms with Crippen molar-refractivity contribution in [2.24, 2.45) is 0 Å². The highest BCUT2D eigenvalue weighted by molar-refractivity contribution is 5.27. The SMILES string of the molecule is CCCn1ncc(OC)c1C(O)C(C)O. The van der Waals surface area contributed by atoms with Gasteiger partial charge in [0.05, 0.1) is 19.4 Å². The minimum absolute atomic E-state index is 0.511. The molecule has 2 N–H and O–H groups in total. The first-order valence-electron chi connectivity index (χ1n) is 5.07. The van der Waals surface area contributed by atoms with Gasteiger partial charge in [0.2, 0.25) is 0 Å². The van der Waals surface area contributed by atoms with Crippen LogP contribution in [0.15, 0.2) is 6.20 Å². The zero-order valence-corrected chi connectivity index (χ0v) is 9.34. The third-order valence-corrected chi connectivity index (χ3v) is 2.24. The molecule has 86 valence electrons. The Morgan fingerprint density at radius 3 is 2.67 bits per heavy atom. The lowest BCUT2D eigenvalue weighted by Gasteiger charge is -2.16. The highest BCUT2D eigenvalue weighted by Gasteiger charge is 2.23. The molecule has 15 heavy (non-hydrogen) atoms. The Morgan fingerprint density at radius 2 is 2.20 bits per heavy atom. The van der Waals surface area contributed by atoms with E-state index in [0.29, 0.717) is 18.0 Å². The molecule has 2 unspecified atom stereocenters. The summed E-state index contributed by atoms with van der Waals surface area (Å²) in [7, 11) is 1.52. The molecule has 0 aliphatic heterocycles. The van der Waals surface area contributed by atoms with Crippen molar-refractivity contribution in [3.05, 3.63) is 11.9 Å². The summed E-state index contributed by atoms with van der Waals surface area (Å²) >= 11 is 0. The van der Waals surface area contributed by atoms with Gasteiger partial charge in [-0.15, -0.1) is 0 Å². The van der Waals surface area contributed by atoms with Crippen molar-refractivity contribution in [3.8, 4) is 5.75 Å². The minimum Gasteiger partial charge on any atom is -0.493 e. The summed E-state index contributed by atoms with van der Waals surface area (Å²) < 4.78 is 6.75. The third kappa shape index (κ3) is 2.49. The van der Waals surface area contributed by atoms with Crippen LogP contribution in [0.5, 0.6) is 5.75 Å². The molecular weight excluding hydrogens is 196 g/mol. The van der Waals surface area contributed by atoms with Gasteiger partial charge in [0, 0.05) is 6.54 Å². The van der Waals surface area contributed by atoms with Gasteiger partial charge in [-0.05, 0) is 13.3 Å². The predicted molar refractivity (Wildman–Crippen MR) is 55.7 cm³/mol. The molecule has 1 rings (SSSR count). The van der Waals surface area contributed by atoms with Gasteiger partial charge in [-0.25, -0.2) is 0 Å². The average molecular weight is 214 g/mol. The first-order valence-corrected chi connectivity index (χ1v) is 5.07. The summed E-state index contributed by atoms with van der Waals surface area (Å²) in [5.41, 5.74) is 0.536. The zero-order valence-electron chi connectivity index (χ0n) is 9.34. The lowest BCUT2D eigenvalue weighted by atomic mass is 10.1. The molecule has 0 saturated heterocycles. The van der Waals surface area contributed by atoms with Gasteiger partial charge < -0.3 is 14.9 Å². The maximum Gasteiger partial charge on any atom is 0.162 e. The second-order valence-electron chi connectivity index (χ2n) is 3.51. The molecular formula is C10H18N2O3. The van der Waals surface area contributed by atoms with E-state index in [1.54, 1.807) is 10.9 Å². The van der Waals surface area contributed by atoms with E-state index in [2.05, 4.69) is 5.10 Å². The Morgan fingerprint density at radius 1 is 1.53 bits per heavy atom. The van der Waals surface area contributed by atoms with Gasteiger partial charge in [-0.1, -0.05) is 6.92 Å². The topological polar surface area (TPSA) is 67.5 Å². The summed E-state index contributed by atoms with van der Waals surface area (Å²) in [6.07, 6.45) is 0.654. The van der Waals surface area contributed by atoms with Gasteiger partial charge in [-0.2, -0.15) is 5.10 Å². The van der Waals surface area contributed by atoms with Crippen LogP contribution >= 0.6 is 0 Å². The smallest absolute Gasteiger partial charge is 0.162 e. The number of rotatable bonds is 5. The number of ether oxygens (including phenoxy) is 1. The molecule has 5 heteroatoms. The molecule has 1 aromatic heterocycles. The second kappa shape index (κ2) is 5.14. The molecule has 2 atom stereocenters. The molecule has 0 saturated carbocycles. The minimum atomic E-state index is -0.964. The van der Waals surface area contributed by atoms with E-state index < -0.39 is 12.2 Å². The number of hydrogen-bond donors (Lipinski definition) is 2. The van der Waals surface area contributed by atoms with Crippen molar-refractivity contribution in [3.63, 3.8) is 0 Å². The number of aliphatic hydroxyl groups is 2. The van der Waals surface area contributed by atoms with Crippen LogP contribution in [0.2, 0.25) is 0 Å². The standard InChI is InChI=1S/C10H18N2O3/c1-4-5-12-9(10(14)7(2)13)8(15-3)6-11-12/h6-7,10,13-14H,4-5H2,1-3H3. The lowest BCUT2D eigenvalue weighted by molar-refractivity contribution is 0.0232. The maximum atomic E-state index is 9.82. The summed E-state index contributed by atoms with van der Waals surface area (Å²) in [5.74, 6) is 0.511. The highest BCUT2D eigenvalue weighted by Crippen LogP contribution is 2.27. The number of aromatic nitrogens is 2. The quantitative estimate of drug-likeness (QED) is 0.757. The molecule has 0 aliphatic carbocycles. The predicted octanol–water partition coefficient (Wildman–Crippen LogP) is 0.716. The van der Waals surface area contributed by atoms with Crippen LogP contribution in [0, 0.1) is 0 Å². The van der Waals surface area contributed by atoms with Crippen LogP contribution in [0.3, 0.4) is 0 Å². The van der Waals surface area contributed by atoms with Gasteiger partial charge in [-0.3, -0.25) is 4.68 Å². The van der Waals surface area contributed by atoms with E-state index in [9.17, 15) is 10.2 Å². The molecule has 1 heterocycles. The van der Waals surface area contributed by atoms with Crippen LogP contribution in [-0.4, -0.2) is 33.2 Å². The second-order valence-corrected chi connectivity index (χ2v) is 3.51. The van der Waals surface area contributed by atoms with E-state index in [-0.39, 0.29) is 0 Å². The Kier molecular flexibility index (Phi) is 4.11. The molecule has 0 aromatic carbocycles. The molecule has 0 aliphatic rings. The van der Waals surface area contributed by atoms with Crippen molar-refractivity contribution in [1.82, 2.24) is 9.78 Å². The third-order valence-electron chi connectivity index (χ3n) is 2.24. The molecule has 0 amide bonds. The molecule has 0 spiro atoms. The van der Waals surface area contributed by atoms with Crippen LogP contribution < -0.4 is 4.74 Å². The van der Waals surface area contributed by atoms with E-state index >= 15 is 0 Å². The number of hydrogen-bond acceptors (Lipinski definition) is 4. The molecule has 0 bridgehead atoms. The van der Waals surface area contributed by atoms with Crippen molar-refractivity contribution in [2.75, 3.05) is 7.11 Å². The summed E-state index contributed by atoms with van der Waals surface area (Å²) in [6.45, 7) is 4.25. The fourth-order valence-corrected chi connectivity index (χ4v) is 1.45. The summed E-state index contributed by atoms with van der Waals surface area (Å²) in [5, 5.41) is 23.3. The van der Waals surface area contributed by atoms with E-state index in [0.717, 1.165) is 6.42 Å². The fourth-order valence-electron chi connectivity index (χ4n) is 1.45. The monoisotopic (exact) mass is 214 g/mol. The Labute approximate surface area is 89.3 Å². The Bertz CT molecular complexity index is 310. The van der Waals surface area contributed by atoms with E-state index in [1.807, 2.05) is 6.92 Å². The van der Waals surface area contributed by atoms with Gasteiger partial charge in [0.15, 0.2) is 5.75 Å². The van der Waals surface area contributed by atoms with E-state index in [4.69, 9.17) is 4.74 Å². The van der Waals surface area contributed by atoms with Crippen molar-refractivity contribution < 1.29 is 14.9 Å². The van der Waals surface area contributed by atoms with Crippen molar-refractivity contribution in [1.29, 1.82) is 0 Å². The summed E-state index contributed by atoms with van der Waals surface area (Å²) in [6, 6.07) is 0. The van der Waals surface area contributed by atoms with Crippen LogP contribution in [0.1, 0.15) is 32.1 Å². The van der Waals surface area contributed by atoms with Gasteiger partial charge in [0.25, 0.3) is 0 Å². The number of methoxy groups -OCH3 is 1. The number of nitrogens with zero attached hydrogens (tertiary/aromatic N) is 2. The van der Waals surface area contributed by atoms with Gasteiger partial charge in [0.1, 0.15) is 11.8 Å². The Balaban J connectivity index is 3.04. The average Bonchev–Trinajstić information content (AvgIpc) is 2.60. The lowest BCUT2D eigenvalue weighted by Crippen LogP contribution is -2.19. The maximum absolute atomic E-state index is 9.82. The van der Waals surface area contributed by atoms with E-state index in [1.165, 1.54) is 14.0 Å². The van der Waals surface area contributed by atoms with Crippen LogP contribution in [-0.2, 0) is 6.54 Å². The highest BCUT2D eigenvalue weighted by atomic mass is 16.5. The Hall–Kier alpha value is -1.07. The van der Waals surface area contributed by atoms with Crippen molar-refractivity contribution in [2.45, 2.75) is 39.0 Å². The van der Waals surface area contributed by atoms with Crippen LogP contribution in [0.4, 0.5) is 0 Å². The number of aryl methyl sites for hydroxylation is 1. The first-order chi connectivity index (χ1) is 7.11. The molecule has 0 radical (unpaired) electrons. The zero-order chi connectivity index (χ0) is 11.4.